The molecule has 4 nitrogen and oxygen atoms in total. The van der Waals surface area contributed by atoms with Crippen LogP contribution < -0.4 is 5.32 Å². The fourth-order valence-electron chi connectivity index (χ4n) is 3.44. The molecule has 4 rings (SSSR count). The number of hydrogen-bond acceptors (Lipinski definition) is 4. The molecule has 5 heteroatoms. The molecule has 32 heavy (non-hydrogen) atoms. The van der Waals surface area contributed by atoms with Gasteiger partial charge in [-0.3, -0.25) is 0 Å². The molecule has 0 bridgehead atoms. The van der Waals surface area contributed by atoms with Gasteiger partial charge in [0.15, 0.2) is 5.82 Å². The van der Waals surface area contributed by atoms with Crippen molar-refractivity contribution < 1.29 is 9.13 Å². The van der Waals surface area contributed by atoms with Gasteiger partial charge in [-0.2, -0.15) is 0 Å². The Kier molecular flexibility index (Phi) is 7.55. The molecule has 162 valence electrons. The summed E-state index contributed by atoms with van der Waals surface area (Å²) in [6.45, 7) is 1.04. The highest BCUT2D eigenvalue weighted by Crippen LogP contribution is 2.27. The number of anilines is 1. The molecule has 0 fully saturated rings. The van der Waals surface area contributed by atoms with Gasteiger partial charge in [0.1, 0.15) is 18.2 Å². The average Bonchev–Trinajstić information content (AvgIpc) is 2.85. The van der Waals surface area contributed by atoms with Crippen LogP contribution >= 0.6 is 0 Å². The molecule has 4 aromatic rings. The molecule has 3 aromatic carbocycles. The summed E-state index contributed by atoms with van der Waals surface area (Å²) in [4.78, 5) is 9.38. The molecule has 0 unspecified atom stereocenters. The Morgan fingerprint density at radius 3 is 2.25 bits per heavy atom. The lowest BCUT2D eigenvalue weighted by Gasteiger charge is -2.13. The first kappa shape index (κ1) is 21.7. The van der Waals surface area contributed by atoms with Crippen LogP contribution in [0.5, 0.6) is 0 Å². The van der Waals surface area contributed by atoms with Crippen molar-refractivity contribution in [2.45, 2.75) is 19.3 Å². The Morgan fingerprint density at radius 2 is 1.50 bits per heavy atom. The largest absolute Gasteiger partial charge is 0.361 e. The number of rotatable bonds is 10. The number of hydrogen-bond donors (Lipinski definition) is 1. The molecule has 1 aromatic heterocycles. The maximum Gasteiger partial charge on any atom is 0.154 e. The normalized spacial score (nSPS) is 10.8. The molecule has 0 spiro atoms. The number of halogens is 1. The fourth-order valence-corrected chi connectivity index (χ4v) is 3.44. The Labute approximate surface area is 188 Å². The van der Waals surface area contributed by atoms with E-state index in [1.165, 1.54) is 17.7 Å². The fraction of sp³-hybridized carbons (Fsp3) is 0.185. The van der Waals surface area contributed by atoms with Crippen molar-refractivity contribution in [3.05, 3.63) is 103 Å². The topological polar surface area (TPSA) is 47.0 Å². The third-order valence-electron chi connectivity index (χ3n) is 5.15. The van der Waals surface area contributed by atoms with Gasteiger partial charge in [0.2, 0.25) is 0 Å². The summed E-state index contributed by atoms with van der Waals surface area (Å²) in [6.07, 6.45) is 4.84. The van der Waals surface area contributed by atoms with E-state index in [4.69, 9.17) is 9.72 Å². The first-order chi connectivity index (χ1) is 15.8. The zero-order chi connectivity index (χ0) is 22.0. The van der Waals surface area contributed by atoms with Crippen LogP contribution in [0, 0.1) is 5.82 Å². The highest BCUT2D eigenvalue weighted by molar-refractivity contribution is 5.74. The number of nitrogens with one attached hydrogen (secondary N) is 1. The second-order valence-electron chi connectivity index (χ2n) is 7.50. The number of ether oxygens (including phenoxy) is 1. The van der Waals surface area contributed by atoms with E-state index in [9.17, 15) is 4.39 Å². The van der Waals surface area contributed by atoms with E-state index >= 15 is 0 Å². The van der Waals surface area contributed by atoms with Crippen LogP contribution in [-0.4, -0.2) is 23.3 Å². The summed E-state index contributed by atoms with van der Waals surface area (Å²) in [6, 6.07) is 26.6. The van der Waals surface area contributed by atoms with Crippen molar-refractivity contribution in [1.82, 2.24) is 9.97 Å². The lowest BCUT2D eigenvalue weighted by molar-refractivity contribution is 0.148. The van der Waals surface area contributed by atoms with Crippen LogP contribution in [0.15, 0.2) is 91.1 Å². The second kappa shape index (κ2) is 11.2. The molecule has 0 amide bonds. The maximum atomic E-state index is 13.3. The summed E-state index contributed by atoms with van der Waals surface area (Å²) >= 11 is 0. The lowest BCUT2D eigenvalue weighted by Crippen LogP contribution is -2.10. The second-order valence-corrected chi connectivity index (χ2v) is 7.50. The number of aryl methyl sites for hydroxylation is 1. The third kappa shape index (κ3) is 5.99. The SMILES string of the molecule is Fc1ccc(-c2cnc(NCOCCCCc3ccccc3)c(-c3ccccc3)n2)cc1. The van der Waals surface area contributed by atoms with Crippen molar-refractivity contribution in [2.24, 2.45) is 0 Å². The number of nitrogens with zero attached hydrogens (tertiary/aromatic N) is 2. The number of benzene rings is 3. The Balaban J connectivity index is 1.36. The molecule has 0 aliphatic carbocycles. The van der Waals surface area contributed by atoms with Gasteiger partial charge in [-0.15, -0.1) is 0 Å². The highest BCUT2D eigenvalue weighted by Gasteiger charge is 2.11. The quantitative estimate of drug-likeness (QED) is 0.236. The number of unbranched alkanes of at least 4 members (excludes halogenated alkanes) is 1. The van der Waals surface area contributed by atoms with Crippen molar-refractivity contribution >= 4 is 5.82 Å². The van der Waals surface area contributed by atoms with E-state index in [1.54, 1.807) is 18.3 Å². The zero-order valence-electron chi connectivity index (χ0n) is 17.9. The van der Waals surface area contributed by atoms with Gasteiger partial charge in [-0.25, -0.2) is 14.4 Å². The molecule has 0 aliphatic rings. The van der Waals surface area contributed by atoms with Gasteiger partial charge in [0.25, 0.3) is 0 Å². The molecule has 0 aliphatic heterocycles. The summed E-state index contributed by atoms with van der Waals surface area (Å²) < 4.78 is 19.1. The molecule has 0 saturated heterocycles. The van der Waals surface area contributed by atoms with E-state index in [2.05, 4.69) is 34.6 Å². The zero-order valence-corrected chi connectivity index (χ0v) is 17.9. The summed E-state index contributed by atoms with van der Waals surface area (Å²) in [5.41, 5.74) is 4.55. The molecule has 0 saturated carbocycles. The standard InChI is InChI=1S/C27H26FN3O/c28-24-16-14-22(15-17-24)25-19-29-27(26(31-25)23-12-5-2-6-13-23)30-20-32-18-8-7-11-21-9-3-1-4-10-21/h1-6,9-10,12-17,19H,7-8,11,18,20H2,(H,29,30). The summed E-state index contributed by atoms with van der Waals surface area (Å²) in [7, 11) is 0. The number of aromatic nitrogens is 2. The van der Waals surface area contributed by atoms with Gasteiger partial charge in [-0.05, 0) is 49.1 Å². The van der Waals surface area contributed by atoms with Gasteiger partial charge in [-0.1, -0.05) is 60.7 Å². The Bertz CT molecular complexity index is 1100. The minimum Gasteiger partial charge on any atom is -0.361 e. The first-order valence-electron chi connectivity index (χ1n) is 10.8. The van der Waals surface area contributed by atoms with Crippen LogP contribution in [0.25, 0.3) is 22.5 Å². The third-order valence-corrected chi connectivity index (χ3v) is 5.15. The molecule has 0 radical (unpaired) electrons. The van der Waals surface area contributed by atoms with Gasteiger partial charge < -0.3 is 10.1 Å². The van der Waals surface area contributed by atoms with Gasteiger partial charge >= 0.3 is 0 Å². The van der Waals surface area contributed by atoms with E-state index in [0.717, 1.165) is 36.1 Å². The van der Waals surface area contributed by atoms with Crippen LogP contribution in [0.1, 0.15) is 18.4 Å². The molecule has 0 atom stereocenters. The maximum absolute atomic E-state index is 13.3. The smallest absolute Gasteiger partial charge is 0.154 e. The van der Waals surface area contributed by atoms with E-state index < -0.39 is 0 Å². The predicted octanol–water partition coefficient (Wildman–Crippen LogP) is 6.36. The van der Waals surface area contributed by atoms with Crippen molar-refractivity contribution in [1.29, 1.82) is 0 Å². The molecular weight excluding hydrogens is 401 g/mol. The minimum absolute atomic E-state index is 0.274. The van der Waals surface area contributed by atoms with Crippen LogP contribution in [0.2, 0.25) is 0 Å². The summed E-state index contributed by atoms with van der Waals surface area (Å²) in [5.74, 6) is 0.385. The molecule has 1 heterocycles. The van der Waals surface area contributed by atoms with E-state index in [0.29, 0.717) is 24.8 Å². The average molecular weight is 428 g/mol. The minimum atomic E-state index is -0.274. The first-order valence-corrected chi connectivity index (χ1v) is 10.8. The van der Waals surface area contributed by atoms with Crippen molar-refractivity contribution in [3.63, 3.8) is 0 Å². The van der Waals surface area contributed by atoms with Crippen molar-refractivity contribution in [2.75, 3.05) is 18.7 Å². The van der Waals surface area contributed by atoms with Crippen LogP contribution in [0.3, 0.4) is 0 Å². The predicted molar refractivity (Wildman–Crippen MR) is 127 cm³/mol. The highest BCUT2D eigenvalue weighted by atomic mass is 19.1. The Morgan fingerprint density at radius 1 is 0.781 bits per heavy atom. The lowest BCUT2D eigenvalue weighted by atomic mass is 10.1. The van der Waals surface area contributed by atoms with Crippen molar-refractivity contribution in [3.8, 4) is 22.5 Å². The van der Waals surface area contributed by atoms with E-state index in [1.807, 2.05) is 36.4 Å². The summed E-state index contributed by atoms with van der Waals surface area (Å²) in [5, 5.41) is 3.25. The monoisotopic (exact) mass is 427 g/mol. The molecular formula is C27H26FN3O. The molecule has 1 N–H and O–H groups in total. The van der Waals surface area contributed by atoms with Gasteiger partial charge in [0.05, 0.1) is 11.9 Å². The van der Waals surface area contributed by atoms with E-state index in [-0.39, 0.29) is 5.82 Å². The van der Waals surface area contributed by atoms with Gasteiger partial charge in [0, 0.05) is 17.7 Å². The van der Waals surface area contributed by atoms with Crippen LogP contribution in [-0.2, 0) is 11.2 Å². The van der Waals surface area contributed by atoms with Crippen LogP contribution in [0.4, 0.5) is 10.2 Å². The Hall–Kier alpha value is -3.57.